The second-order valence-corrected chi connectivity index (χ2v) is 25.9. The summed E-state index contributed by atoms with van der Waals surface area (Å²) in [5.74, 6) is 6.51. The molecule has 342 valence electrons. The third-order valence-electron chi connectivity index (χ3n) is 22.0. The number of hydrogen-bond acceptors (Lipinski definition) is 3. The minimum atomic E-state index is -0.298. The van der Waals surface area contributed by atoms with E-state index in [-0.39, 0.29) is 29.1 Å². The Morgan fingerprint density at radius 2 is 1.38 bits per heavy atom. The van der Waals surface area contributed by atoms with Gasteiger partial charge in [-0.25, -0.2) is 0 Å². The predicted molar refractivity (Wildman–Crippen MR) is 253 cm³/mol. The number of aliphatic hydroxyl groups is 3. The smallest absolute Gasteiger partial charge is 0.0757 e. The van der Waals surface area contributed by atoms with E-state index >= 15 is 0 Å². The molecule has 0 bridgehead atoms. The first-order valence-electron chi connectivity index (χ1n) is 26.2. The van der Waals surface area contributed by atoms with Crippen LogP contribution in [0.3, 0.4) is 0 Å². The van der Waals surface area contributed by atoms with Gasteiger partial charge in [0.1, 0.15) is 0 Å². The lowest BCUT2D eigenvalue weighted by Gasteiger charge is -2.62. The normalized spacial score (nSPS) is 46.4. The maximum Gasteiger partial charge on any atom is 0.0757 e. The summed E-state index contributed by atoms with van der Waals surface area (Å²) in [6.07, 6.45) is 29.1. The van der Waals surface area contributed by atoms with Crippen molar-refractivity contribution in [2.45, 2.75) is 237 Å². The topological polar surface area (TPSA) is 60.7 Å². The molecule has 8 aliphatic rings. The summed E-state index contributed by atoms with van der Waals surface area (Å²) in [6.45, 7) is 31.9. The third kappa shape index (κ3) is 7.77. The van der Waals surface area contributed by atoms with Gasteiger partial charge in [-0.05, 0) is 209 Å². The molecule has 5 saturated carbocycles. The van der Waals surface area contributed by atoms with Crippen molar-refractivity contribution in [1.82, 2.24) is 0 Å². The maximum absolute atomic E-state index is 11.3. The van der Waals surface area contributed by atoms with E-state index in [1.54, 1.807) is 0 Å². The molecule has 0 aliphatic heterocycles. The second-order valence-electron chi connectivity index (χ2n) is 25.9. The van der Waals surface area contributed by atoms with E-state index < -0.39 is 0 Å². The van der Waals surface area contributed by atoms with Crippen LogP contribution in [0, 0.1) is 85.8 Å². The number of aliphatic hydroxyl groups excluding tert-OH is 3. The van der Waals surface area contributed by atoms with Crippen LogP contribution < -0.4 is 0 Å². The Kier molecular flexibility index (Phi) is 13.5. The zero-order chi connectivity index (χ0) is 43.8. The number of hydrogen-bond donors (Lipinski definition) is 3. The molecule has 60 heavy (non-hydrogen) atoms. The van der Waals surface area contributed by atoms with Gasteiger partial charge in [0.15, 0.2) is 0 Å². The third-order valence-corrected chi connectivity index (χ3v) is 22.0. The van der Waals surface area contributed by atoms with E-state index in [2.05, 4.69) is 102 Å². The molecule has 16 atom stereocenters. The maximum atomic E-state index is 11.3. The summed E-state index contributed by atoms with van der Waals surface area (Å²) < 4.78 is 0. The number of fused-ring (bicyclic) bond motifs is 9. The van der Waals surface area contributed by atoms with Crippen molar-refractivity contribution in [2.75, 3.05) is 0 Å². The van der Waals surface area contributed by atoms with Gasteiger partial charge in [-0.2, -0.15) is 0 Å². The second kappa shape index (κ2) is 17.1. The van der Waals surface area contributed by atoms with Gasteiger partial charge in [-0.3, -0.25) is 0 Å². The first-order chi connectivity index (χ1) is 28.0. The molecule has 0 aromatic carbocycles. The minimum Gasteiger partial charge on any atom is -0.393 e. The Hall–Kier alpha value is -0.900. The highest BCUT2D eigenvalue weighted by Crippen LogP contribution is 2.73. The van der Waals surface area contributed by atoms with Crippen LogP contribution in [0.5, 0.6) is 0 Å². The summed E-state index contributed by atoms with van der Waals surface area (Å²) in [6, 6.07) is 0. The molecule has 3 N–H and O–H groups in total. The van der Waals surface area contributed by atoms with Crippen molar-refractivity contribution in [2.24, 2.45) is 85.8 Å². The number of allylic oxidation sites excluding steroid dienone is 4. The van der Waals surface area contributed by atoms with Crippen LogP contribution in [0.4, 0.5) is 0 Å². The Balaban J connectivity index is 0.000000182. The van der Waals surface area contributed by atoms with Crippen LogP contribution in [0.2, 0.25) is 0 Å². The molecule has 0 aromatic heterocycles. The van der Waals surface area contributed by atoms with Crippen molar-refractivity contribution in [1.29, 1.82) is 0 Å². The van der Waals surface area contributed by atoms with Gasteiger partial charge in [-0.15, -0.1) is 0 Å². The van der Waals surface area contributed by atoms with Crippen LogP contribution in [0.15, 0.2) is 34.4 Å². The SMILES string of the molecule is CC(C)=CCC[C@@H](C)[C@H]1CC[C@@]2(C)C3=C(CC[C@]12C)[C@@]1(C)CC[C@H](O)C(C)(C)[C@@H]1CC3.CC(C)CCC[C@@H](C)[C@H]1CC[C@H]2[C@@H]3[C@H](O)C=C4C[C@@H](O)CC[C@]4(C)[C@H]3CC[C@]12C. The molecule has 0 unspecified atom stereocenters. The molecule has 0 aromatic rings. The standard InChI is InChI=1S/C30H50O.C27H46O2/c1-20(2)10-9-11-21(3)22-14-18-30(8)24-12-13-25-27(4,5)26(31)16-17-28(25,6)23(24)15-19-29(22,30)7;1-17(2)7-6-8-18(3)21-9-10-22-25-23(12-14-27(21,22)5)26(4)13-11-20(28)15-19(26)16-24(25)29/h10,21-22,25-26,31H,9,11-19H2,1-8H3;16-18,20-25,28-29H,6-15H2,1-5H3/t21-,22-,25+,26+,28-,29-,30+;18-,20+,21-,22+,23+,24-,25+,26+,27-/m11/s1. The molecule has 5 fully saturated rings. The highest BCUT2D eigenvalue weighted by atomic mass is 16.3. The van der Waals surface area contributed by atoms with E-state index in [1.165, 1.54) is 114 Å². The molecular formula is C57H96O3. The van der Waals surface area contributed by atoms with Gasteiger partial charge < -0.3 is 15.3 Å². The molecular weight excluding hydrogens is 733 g/mol. The Morgan fingerprint density at radius 1 is 0.683 bits per heavy atom. The van der Waals surface area contributed by atoms with Crippen LogP contribution >= 0.6 is 0 Å². The fourth-order valence-electron chi connectivity index (χ4n) is 18.1. The lowest BCUT2D eigenvalue weighted by molar-refractivity contribution is -0.0970. The van der Waals surface area contributed by atoms with Crippen molar-refractivity contribution < 1.29 is 15.3 Å². The van der Waals surface area contributed by atoms with Crippen molar-refractivity contribution in [3.8, 4) is 0 Å². The monoisotopic (exact) mass is 829 g/mol. The van der Waals surface area contributed by atoms with Gasteiger partial charge >= 0.3 is 0 Å². The van der Waals surface area contributed by atoms with E-state index in [0.717, 1.165) is 55.3 Å². The highest BCUT2D eigenvalue weighted by Gasteiger charge is 2.64. The van der Waals surface area contributed by atoms with Gasteiger partial charge in [0.2, 0.25) is 0 Å². The minimum absolute atomic E-state index is 0.0465. The van der Waals surface area contributed by atoms with Crippen LogP contribution in [-0.2, 0) is 0 Å². The van der Waals surface area contributed by atoms with Crippen molar-refractivity contribution in [3.05, 3.63) is 34.4 Å². The summed E-state index contributed by atoms with van der Waals surface area (Å²) in [5.41, 5.74) is 8.40. The average molecular weight is 829 g/mol. The molecule has 0 amide bonds. The quantitative estimate of drug-likeness (QED) is 0.203. The predicted octanol–water partition coefficient (Wildman–Crippen LogP) is 14.8. The molecule has 8 rings (SSSR count). The fraction of sp³-hybridized carbons (Fsp3) is 0.895. The summed E-state index contributed by atoms with van der Waals surface area (Å²) in [7, 11) is 0. The molecule has 0 spiro atoms. The van der Waals surface area contributed by atoms with E-state index in [0.29, 0.717) is 45.3 Å². The van der Waals surface area contributed by atoms with Crippen LogP contribution in [-0.4, -0.2) is 33.6 Å². The summed E-state index contributed by atoms with van der Waals surface area (Å²) in [5, 5.41) is 32.3. The fourth-order valence-corrected chi connectivity index (χ4v) is 18.1. The first-order valence-corrected chi connectivity index (χ1v) is 26.2. The molecule has 8 aliphatic carbocycles. The number of rotatable bonds is 9. The zero-order valence-electron chi connectivity index (χ0n) is 41.6. The van der Waals surface area contributed by atoms with E-state index in [1.807, 2.05) is 11.1 Å². The molecule has 0 heterocycles. The Labute approximate surface area is 370 Å². The average Bonchev–Trinajstić information content (AvgIpc) is 3.67. The van der Waals surface area contributed by atoms with Gasteiger partial charge in [0, 0.05) is 0 Å². The molecule has 3 heteroatoms. The largest absolute Gasteiger partial charge is 0.393 e. The first kappa shape index (κ1) is 47.1. The zero-order valence-corrected chi connectivity index (χ0v) is 41.6. The van der Waals surface area contributed by atoms with Crippen LogP contribution in [0.25, 0.3) is 0 Å². The summed E-state index contributed by atoms with van der Waals surface area (Å²) in [4.78, 5) is 0. The van der Waals surface area contributed by atoms with Crippen LogP contribution in [0.1, 0.15) is 218 Å². The summed E-state index contributed by atoms with van der Waals surface area (Å²) >= 11 is 0. The van der Waals surface area contributed by atoms with E-state index in [4.69, 9.17) is 0 Å². The van der Waals surface area contributed by atoms with E-state index in [9.17, 15) is 15.3 Å². The Bertz CT molecular complexity index is 1630. The lowest BCUT2D eigenvalue weighted by atomic mass is 9.43. The molecule has 3 nitrogen and oxygen atoms in total. The van der Waals surface area contributed by atoms with Gasteiger partial charge in [0.25, 0.3) is 0 Å². The van der Waals surface area contributed by atoms with Gasteiger partial charge in [0.05, 0.1) is 18.3 Å². The Morgan fingerprint density at radius 3 is 2.08 bits per heavy atom. The molecule has 0 radical (unpaired) electrons. The van der Waals surface area contributed by atoms with Gasteiger partial charge in [-0.1, -0.05) is 130 Å². The highest BCUT2D eigenvalue weighted by molar-refractivity contribution is 5.39. The lowest BCUT2D eigenvalue weighted by Crippen LogP contribution is -2.55. The van der Waals surface area contributed by atoms with Crippen molar-refractivity contribution >= 4 is 0 Å². The molecule has 0 saturated heterocycles. The van der Waals surface area contributed by atoms with Crippen molar-refractivity contribution in [3.63, 3.8) is 0 Å².